The first-order valence-corrected chi connectivity index (χ1v) is 8.48. The molecular weight excluding hydrogens is 407 g/mol. The number of halogens is 1. The average molecular weight is 420 g/mol. The summed E-state index contributed by atoms with van der Waals surface area (Å²) in [6.07, 6.45) is 5.44. The number of carbonyl (C=O) groups is 1. The number of esters is 1. The highest BCUT2D eigenvalue weighted by atomic mass is 127. The van der Waals surface area contributed by atoms with Crippen LogP contribution in [0.3, 0.4) is 0 Å². The monoisotopic (exact) mass is 420 g/mol. The third-order valence-electron chi connectivity index (χ3n) is 2.60. The van der Waals surface area contributed by atoms with Crippen LogP contribution in [0.1, 0.15) is 12.5 Å². The molecule has 0 amide bonds. The van der Waals surface area contributed by atoms with Crippen molar-refractivity contribution in [2.24, 2.45) is 6.35 Å². The van der Waals surface area contributed by atoms with Crippen LogP contribution in [-0.2, 0) is 22.5 Å². The molecule has 2 heterocycles. The highest BCUT2D eigenvalue weighted by Gasteiger charge is 2.09. The lowest BCUT2D eigenvalue weighted by atomic mass is 10.1. The third kappa shape index (κ3) is 4.49. The summed E-state index contributed by atoms with van der Waals surface area (Å²) in [6, 6.07) is 0. The Labute approximate surface area is 136 Å². The Balaban J connectivity index is 2.26. The van der Waals surface area contributed by atoms with Crippen LogP contribution in [-0.4, -0.2) is 28.3 Å². The lowest BCUT2D eigenvalue weighted by Gasteiger charge is -2.09. The Bertz CT molecular complexity index is 748. The fourth-order valence-electron chi connectivity index (χ4n) is 1.68. The molecule has 0 bridgehead atoms. The fourth-order valence-corrected chi connectivity index (χ4v) is 3.00. The molecule has 9 heteroatoms. The molecule has 1 aromatic heterocycles. The molecule has 1 aliphatic rings. The summed E-state index contributed by atoms with van der Waals surface area (Å²) in [5.41, 5.74) is 1.09. The topological polar surface area (TPSA) is 88.8 Å². The van der Waals surface area contributed by atoms with Gasteiger partial charge in [-0.05, 0) is 24.7 Å². The summed E-state index contributed by atoms with van der Waals surface area (Å²) in [5.74, 6) is -0.398. The van der Waals surface area contributed by atoms with Gasteiger partial charge in [0.05, 0.1) is 6.61 Å². The summed E-state index contributed by atoms with van der Waals surface area (Å²) in [5, 5.41) is 0. The number of nitrogens with zero attached hydrogens (tertiary/aromatic N) is 3. The van der Waals surface area contributed by atoms with Crippen molar-refractivity contribution in [2.45, 2.75) is 19.9 Å². The van der Waals surface area contributed by atoms with Gasteiger partial charge in [-0.1, -0.05) is 0 Å². The van der Waals surface area contributed by atoms with Crippen molar-refractivity contribution in [2.75, 3.05) is 6.61 Å². The van der Waals surface area contributed by atoms with Crippen LogP contribution in [0.25, 0.3) is 0 Å². The average Bonchev–Trinajstić information content (AvgIpc) is 2.45. The number of aromatic amines is 1. The first-order chi connectivity index (χ1) is 10.1. The maximum Gasteiger partial charge on any atom is 0.326 e. The van der Waals surface area contributed by atoms with Crippen molar-refractivity contribution in [1.29, 1.82) is 0 Å². The predicted octanol–water partition coefficient (Wildman–Crippen LogP) is 2.05. The largest absolute Gasteiger partial charge is 0.465 e. The van der Waals surface area contributed by atoms with Gasteiger partial charge in [-0.15, -0.1) is 0 Å². The van der Waals surface area contributed by atoms with E-state index in [0.29, 0.717) is 18.6 Å². The van der Waals surface area contributed by atoms with Crippen LogP contribution in [0.4, 0.5) is 0 Å². The van der Waals surface area contributed by atoms with Gasteiger partial charge < -0.3 is 9.30 Å². The van der Waals surface area contributed by atoms with Gasteiger partial charge in [-0.2, -0.15) is 0 Å². The first-order valence-electron chi connectivity index (χ1n) is 6.14. The molecule has 0 saturated heterocycles. The molecule has 0 spiro atoms. The highest BCUT2D eigenvalue weighted by molar-refractivity contribution is 14.1. The van der Waals surface area contributed by atoms with E-state index < -0.39 is 27.3 Å². The van der Waals surface area contributed by atoms with E-state index in [9.17, 15) is 9.59 Å². The van der Waals surface area contributed by atoms with E-state index in [1.165, 1.54) is 4.57 Å². The van der Waals surface area contributed by atoms with Crippen LogP contribution >= 0.6 is 33.5 Å². The Hall–Kier alpha value is -1.49. The molecular formula is C12H13IN4O3S. The molecule has 0 unspecified atom stereocenters. The third-order valence-corrected chi connectivity index (χ3v) is 3.99. The normalized spacial score (nSPS) is 13.5. The van der Waals surface area contributed by atoms with Gasteiger partial charge in [-0.25, -0.2) is 6.35 Å². The minimum Gasteiger partial charge on any atom is -0.465 e. The van der Waals surface area contributed by atoms with E-state index in [0.717, 1.165) is 5.57 Å². The number of carbonyl (C=O) groups excluding carboxylic acids is 1. The Morgan fingerprint density at radius 2 is 2.38 bits per heavy atom. The molecule has 0 aromatic carbocycles. The van der Waals surface area contributed by atoms with Gasteiger partial charge in [0, 0.05) is 30.6 Å². The SMILES string of the molecule is CCOC(=O)Cn1cc(CC2=CN=IN=C2)c(=O)[nH]c1=S. The molecule has 1 aromatic rings. The van der Waals surface area contributed by atoms with Crippen molar-refractivity contribution in [3.8, 4) is 0 Å². The molecule has 0 fully saturated rings. The summed E-state index contributed by atoms with van der Waals surface area (Å²) < 4.78 is 14.8. The van der Waals surface area contributed by atoms with Gasteiger partial charge in [0.1, 0.15) is 27.9 Å². The van der Waals surface area contributed by atoms with Crippen LogP contribution in [0.15, 0.2) is 29.1 Å². The Kier molecular flexibility index (Phi) is 5.67. The van der Waals surface area contributed by atoms with Crippen molar-refractivity contribution in [3.63, 3.8) is 0 Å². The van der Waals surface area contributed by atoms with E-state index in [4.69, 9.17) is 17.0 Å². The number of allylic oxidation sites excluding steroid dienone is 1. The number of nitrogens with one attached hydrogen (secondary N) is 1. The summed E-state index contributed by atoms with van der Waals surface area (Å²) in [7, 11) is 0. The summed E-state index contributed by atoms with van der Waals surface area (Å²) in [4.78, 5) is 26.0. The summed E-state index contributed by atoms with van der Waals surface area (Å²) >= 11 is 4.57. The highest BCUT2D eigenvalue weighted by Crippen LogP contribution is 2.13. The molecule has 21 heavy (non-hydrogen) atoms. The smallest absolute Gasteiger partial charge is 0.326 e. The quantitative estimate of drug-likeness (QED) is 0.449. The van der Waals surface area contributed by atoms with Gasteiger partial charge in [0.25, 0.3) is 5.56 Å². The maximum absolute atomic E-state index is 11.9. The minimum atomic E-state index is -0.476. The lowest BCUT2D eigenvalue weighted by Crippen LogP contribution is -2.22. The van der Waals surface area contributed by atoms with Crippen molar-refractivity contribution in [1.82, 2.24) is 9.55 Å². The lowest BCUT2D eigenvalue weighted by molar-refractivity contribution is -0.143. The molecule has 112 valence electrons. The zero-order valence-corrected chi connectivity index (χ0v) is 14.2. The van der Waals surface area contributed by atoms with Crippen molar-refractivity contribution >= 4 is 45.7 Å². The molecule has 0 saturated carbocycles. The number of H-pyrrole nitrogens is 1. The zero-order chi connectivity index (χ0) is 15.2. The van der Waals surface area contributed by atoms with Crippen LogP contribution < -0.4 is 5.56 Å². The fraction of sp³-hybridized carbons (Fsp3) is 0.333. The van der Waals surface area contributed by atoms with Gasteiger partial charge in [0.2, 0.25) is 0 Å². The number of aromatic nitrogens is 2. The van der Waals surface area contributed by atoms with E-state index in [1.54, 1.807) is 25.5 Å². The second-order valence-electron chi connectivity index (χ2n) is 4.13. The molecule has 1 N–H and O–H groups in total. The standard InChI is InChI=1S/C12H13IN4O3S/c1-2-20-10(18)7-17-6-9(11(19)16-12(17)21)3-8-4-14-13-15-5-8/h4-6H,2-3,7H2,1H3,(H,16,19,21). The molecule has 0 atom stereocenters. The van der Waals surface area contributed by atoms with E-state index >= 15 is 0 Å². The first kappa shape index (κ1) is 15.9. The van der Waals surface area contributed by atoms with E-state index in [-0.39, 0.29) is 16.9 Å². The van der Waals surface area contributed by atoms with Crippen LogP contribution in [0.2, 0.25) is 0 Å². The number of hydrogen-bond acceptors (Lipinski definition) is 6. The van der Waals surface area contributed by atoms with Crippen LogP contribution in [0, 0.1) is 4.77 Å². The minimum absolute atomic E-state index is 0.0283. The van der Waals surface area contributed by atoms with E-state index in [2.05, 4.69) is 11.3 Å². The number of hydrogen-bond donors (Lipinski definition) is 1. The van der Waals surface area contributed by atoms with Gasteiger partial charge in [-0.3, -0.25) is 14.6 Å². The van der Waals surface area contributed by atoms with Gasteiger partial charge in [0.15, 0.2) is 4.77 Å². The van der Waals surface area contributed by atoms with Crippen molar-refractivity contribution in [3.05, 3.63) is 38.7 Å². The second-order valence-corrected chi connectivity index (χ2v) is 6.06. The van der Waals surface area contributed by atoms with Gasteiger partial charge >= 0.3 is 5.97 Å². The molecule has 1 aliphatic heterocycles. The Morgan fingerprint density at radius 1 is 1.57 bits per heavy atom. The second kappa shape index (κ2) is 7.50. The number of rotatable bonds is 5. The van der Waals surface area contributed by atoms with Crippen LogP contribution in [0.5, 0.6) is 0 Å². The predicted molar refractivity (Wildman–Crippen MR) is 89.2 cm³/mol. The van der Waals surface area contributed by atoms with E-state index in [1.807, 2.05) is 0 Å². The molecule has 7 nitrogen and oxygen atoms in total. The maximum atomic E-state index is 11.9. The Morgan fingerprint density at radius 3 is 3.05 bits per heavy atom. The van der Waals surface area contributed by atoms with Crippen molar-refractivity contribution < 1.29 is 9.53 Å². The zero-order valence-electron chi connectivity index (χ0n) is 11.2. The molecule has 0 aliphatic carbocycles. The molecule has 0 radical (unpaired) electrons. The summed E-state index contributed by atoms with van der Waals surface area (Å²) in [6.45, 7) is 2.01. The molecule has 2 rings (SSSR count). The number of ether oxygens (including phenoxy) is 1.